The van der Waals surface area contributed by atoms with Crippen LogP contribution < -0.4 is 5.32 Å². The Morgan fingerprint density at radius 2 is 2.10 bits per heavy atom. The quantitative estimate of drug-likeness (QED) is 0.907. The van der Waals surface area contributed by atoms with Gasteiger partial charge < -0.3 is 10.2 Å². The van der Waals surface area contributed by atoms with E-state index in [-0.39, 0.29) is 17.5 Å². The Morgan fingerprint density at radius 3 is 2.76 bits per heavy atom. The van der Waals surface area contributed by atoms with Crippen LogP contribution in [0.4, 0.5) is 0 Å². The van der Waals surface area contributed by atoms with Crippen molar-refractivity contribution in [3.63, 3.8) is 0 Å². The number of carbonyl (C=O) groups excluding carboxylic acids is 1. The van der Waals surface area contributed by atoms with Crippen molar-refractivity contribution in [2.24, 2.45) is 0 Å². The van der Waals surface area contributed by atoms with Gasteiger partial charge in [-0.2, -0.15) is 0 Å². The SMILES string of the molecule is CC(C)c1ncc(Cl)c(C(=O)NCCN2CCCCC2)n1. The third kappa shape index (κ3) is 4.64. The number of likely N-dealkylation sites (tertiary alicyclic amines) is 1. The minimum Gasteiger partial charge on any atom is -0.349 e. The lowest BCUT2D eigenvalue weighted by atomic mass is 10.1. The Kier molecular flexibility index (Phi) is 5.94. The average molecular weight is 311 g/mol. The summed E-state index contributed by atoms with van der Waals surface area (Å²) in [6.07, 6.45) is 5.33. The fraction of sp³-hybridized carbons (Fsp3) is 0.667. The van der Waals surface area contributed by atoms with Gasteiger partial charge in [-0.1, -0.05) is 31.9 Å². The molecule has 21 heavy (non-hydrogen) atoms. The highest BCUT2D eigenvalue weighted by atomic mass is 35.5. The number of amides is 1. The number of halogens is 1. The van der Waals surface area contributed by atoms with Crippen LogP contribution in [-0.2, 0) is 0 Å². The van der Waals surface area contributed by atoms with Crippen molar-refractivity contribution in [2.45, 2.75) is 39.0 Å². The molecule has 0 aromatic carbocycles. The summed E-state index contributed by atoms with van der Waals surface area (Å²) in [5, 5.41) is 3.20. The van der Waals surface area contributed by atoms with Crippen molar-refractivity contribution in [3.8, 4) is 0 Å². The average Bonchev–Trinajstić information content (AvgIpc) is 2.48. The van der Waals surface area contributed by atoms with Gasteiger partial charge in [-0.25, -0.2) is 9.97 Å². The lowest BCUT2D eigenvalue weighted by Crippen LogP contribution is -2.38. The number of aromatic nitrogens is 2. The molecule has 0 unspecified atom stereocenters. The highest BCUT2D eigenvalue weighted by Crippen LogP contribution is 2.16. The Balaban J connectivity index is 1.89. The van der Waals surface area contributed by atoms with Crippen LogP contribution >= 0.6 is 11.6 Å². The van der Waals surface area contributed by atoms with Crippen LogP contribution in [0.25, 0.3) is 0 Å². The first-order valence-electron chi connectivity index (χ1n) is 7.61. The number of rotatable bonds is 5. The van der Waals surface area contributed by atoms with Crippen LogP contribution in [0.3, 0.4) is 0 Å². The predicted octanol–water partition coefficient (Wildman–Crippen LogP) is 2.47. The maximum Gasteiger partial charge on any atom is 0.271 e. The molecule has 5 nitrogen and oxygen atoms in total. The minimum atomic E-state index is -0.221. The van der Waals surface area contributed by atoms with E-state index in [9.17, 15) is 4.79 Å². The van der Waals surface area contributed by atoms with Crippen molar-refractivity contribution >= 4 is 17.5 Å². The summed E-state index contributed by atoms with van der Waals surface area (Å²) in [5.41, 5.74) is 0.272. The Bertz CT molecular complexity index is 487. The van der Waals surface area contributed by atoms with Crippen LogP contribution in [0.5, 0.6) is 0 Å². The maximum absolute atomic E-state index is 12.2. The van der Waals surface area contributed by atoms with Crippen LogP contribution in [-0.4, -0.2) is 47.0 Å². The molecule has 6 heteroatoms. The van der Waals surface area contributed by atoms with E-state index in [1.807, 2.05) is 13.8 Å². The fourth-order valence-electron chi connectivity index (χ4n) is 2.41. The van der Waals surface area contributed by atoms with Gasteiger partial charge in [0.25, 0.3) is 5.91 Å². The van der Waals surface area contributed by atoms with Crippen LogP contribution in [0.2, 0.25) is 5.02 Å². The molecule has 2 heterocycles. The second kappa shape index (κ2) is 7.71. The lowest BCUT2D eigenvalue weighted by Gasteiger charge is -2.26. The van der Waals surface area contributed by atoms with E-state index in [1.54, 1.807) is 0 Å². The summed E-state index contributed by atoms with van der Waals surface area (Å²) in [7, 11) is 0. The molecule has 1 saturated heterocycles. The van der Waals surface area contributed by atoms with E-state index in [1.165, 1.54) is 25.5 Å². The van der Waals surface area contributed by atoms with Gasteiger partial charge in [-0.3, -0.25) is 4.79 Å². The number of hydrogen-bond acceptors (Lipinski definition) is 4. The van der Waals surface area contributed by atoms with Crippen molar-refractivity contribution < 1.29 is 4.79 Å². The topological polar surface area (TPSA) is 58.1 Å². The molecular weight excluding hydrogens is 288 g/mol. The summed E-state index contributed by atoms with van der Waals surface area (Å²) in [6.45, 7) is 7.73. The standard InChI is InChI=1S/C15H23ClN4O/c1-11(2)14-18-10-12(16)13(19-14)15(21)17-6-9-20-7-4-3-5-8-20/h10-11H,3-9H2,1-2H3,(H,17,21). The van der Waals surface area contributed by atoms with Gasteiger partial charge in [-0.15, -0.1) is 0 Å². The van der Waals surface area contributed by atoms with Gasteiger partial charge in [0, 0.05) is 19.0 Å². The molecule has 0 atom stereocenters. The summed E-state index contributed by atoms with van der Waals surface area (Å²) < 4.78 is 0. The summed E-state index contributed by atoms with van der Waals surface area (Å²) in [5.74, 6) is 0.587. The molecule has 1 amide bonds. The smallest absolute Gasteiger partial charge is 0.271 e. The van der Waals surface area contributed by atoms with Gasteiger partial charge in [0.05, 0.1) is 11.2 Å². The molecule has 1 N–H and O–H groups in total. The molecule has 0 bridgehead atoms. The number of carbonyl (C=O) groups is 1. The minimum absolute atomic E-state index is 0.169. The van der Waals surface area contributed by atoms with Crippen LogP contribution in [0.15, 0.2) is 6.20 Å². The highest BCUT2D eigenvalue weighted by molar-refractivity contribution is 6.33. The molecule has 0 saturated carbocycles. The summed E-state index contributed by atoms with van der Waals surface area (Å²) in [4.78, 5) is 23.0. The maximum atomic E-state index is 12.2. The third-order valence-corrected chi connectivity index (χ3v) is 3.93. The fourth-order valence-corrected chi connectivity index (χ4v) is 2.59. The first-order valence-corrected chi connectivity index (χ1v) is 7.98. The van der Waals surface area contributed by atoms with Crippen LogP contribution in [0, 0.1) is 0 Å². The molecule has 2 rings (SSSR count). The van der Waals surface area contributed by atoms with Gasteiger partial charge in [0.15, 0.2) is 0 Å². The van der Waals surface area contributed by atoms with E-state index in [0.717, 1.165) is 19.6 Å². The molecular formula is C15H23ClN4O. The zero-order valence-electron chi connectivity index (χ0n) is 12.7. The predicted molar refractivity (Wildman–Crippen MR) is 83.8 cm³/mol. The van der Waals surface area contributed by atoms with Crippen molar-refractivity contribution in [3.05, 3.63) is 22.7 Å². The first kappa shape index (κ1) is 16.2. The number of hydrogen-bond donors (Lipinski definition) is 1. The Morgan fingerprint density at radius 1 is 1.38 bits per heavy atom. The number of nitrogens with one attached hydrogen (secondary N) is 1. The Hall–Kier alpha value is -1.20. The summed E-state index contributed by atoms with van der Waals surface area (Å²) >= 11 is 6.03. The normalized spacial score (nSPS) is 16.2. The molecule has 1 aromatic rings. The zero-order chi connectivity index (χ0) is 15.2. The molecule has 1 aliphatic rings. The van der Waals surface area contributed by atoms with E-state index in [0.29, 0.717) is 17.4 Å². The third-order valence-electron chi connectivity index (χ3n) is 3.66. The molecule has 0 spiro atoms. The Labute approximate surface area is 131 Å². The van der Waals surface area contributed by atoms with Gasteiger partial charge in [-0.05, 0) is 25.9 Å². The molecule has 1 aromatic heterocycles. The van der Waals surface area contributed by atoms with Gasteiger partial charge in [0.2, 0.25) is 0 Å². The van der Waals surface area contributed by atoms with E-state index in [4.69, 9.17) is 11.6 Å². The second-order valence-corrected chi connectivity index (χ2v) is 6.14. The van der Waals surface area contributed by atoms with Crippen molar-refractivity contribution in [2.75, 3.05) is 26.2 Å². The summed E-state index contributed by atoms with van der Waals surface area (Å²) in [6, 6.07) is 0. The van der Waals surface area contributed by atoms with Gasteiger partial charge >= 0.3 is 0 Å². The van der Waals surface area contributed by atoms with E-state index in [2.05, 4.69) is 20.2 Å². The molecule has 116 valence electrons. The molecule has 0 radical (unpaired) electrons. The zero-order valence-corrected chi connectivity index (χ0v) is 13.5. The molecule has 1 aliphatic heterocycles. The van der Waals surface area contributed by atoms with Crippen molar-refractivity contribution in [1.29, 1.82) is 0 Å². The second-order valence-electron chi connectivity index (χ2n) is 5.74. The van der Waals surface area contributed by atoms with Crippen LogP contribution in [0.1, 0.15) is 55.3 Å². The highest BCUT2D eigenvalue weighted by Gasteiger charge is 2.16. The largest absolute Gasteiger partial charge is 0.349 e. The van der Waals surface area contributed by atoms with Gasteiger partial charge in [0.1, 0.15) is 11.5 Å². The first-order chi connectivity index (χ1) is 10.1. The monoisotopic (exact) mass is 310 g/mol. The van der Waals surface area contributed by atoms with E-state index < -0.39 is 0 Å². The number of nitrogens with zero attached hydrogens (tertiary/aromatic N) is 3. The molecule has 0 aliphatic carbocycles. The lowest BCUT2D eigenvalue weighted by molar-refractivity contribution is 0.0941. The number of piperidine rings is 1. The van der Waals surface area contributed by atoms with Crippen molar-refractivity contribution in [1.82, 2.24) is 20.2 Å². The van der Waals surface area contributed by atoms with E-state index >= 15 is 0 Å². The molecule has 1 fully saturated rings.